The first-order valence-corrected chi connectivity index (χ1v) is 9.21. The summed E-state index contributed by atoms with van der Waals surface area (Å²) in [7, 11) is 1.38. The molecule has 0 fully saturated rings. The largest absolute Gasteiger partial charge is 0.493 e. The van der Waals surface area contributed by atoms with Gasteiger partial charge in [0.25, 0.3) is 11.8 Å². The smallest absolute Gasteiger partial charge is 0.257 e. The Bertz CT molecular complexity index is 928. The number of amides is 2. The molecule has 3 N–H and O–H groups in total. The van der Waals surface area contributed by atoms with Gasteiger partial charge >= 0.3 is 0 Å². The summed E-state index contributed by atoms with van der Waals surface area (Å²) < 4.78 is 10.4. The van der Waals surface area contributed by atoms with E-state index in [-0.39, 0.29) is 34.5 Å². The second-order valence-corrected chi connectivity index (χ2v) is 7.18. The number of benzene rings is 1. The van der Waals surface area contributed by atoms with Crippen molar-refractivity contribution in [2.75, 3.05) is 19.0 Å². The lowest BCUT2D eigenvalue weighted by Gasteiger charge is -2.13. The van der Waals surface area contributed by atoms with Crippen molar-refractivity contribution in [3.8, 4) is 11.5 Å². The first kappa shape index (κ1) is 19.1. The van der Waals surface area contributed by atoms with Crippen LogP contribution in [0, 0.1) is 0 Å². The molecule has 2 amide bonds. The van der Waals surface area contributed by atoms with Crippen LogP contribution in [0.2, 0.25) is 5.02 Å². The minimum atomic E-state index is -0.669. The molecule has 0 saturated heterocycles. The van der Waals surface area contributed by atoms with Crippen molar-refractivity contribution in [2.24, 2.45) is 5.73 Å². The lowest BCUT2D eigenvalue weighted by atomic mass is 10.0. The number of carbonyl (C=O) groups is 3. The number of aryl methyl sites for hydroxylation is 1. The van der Waals surface area contributed by atoms with Crippen LogP contribution < -0.4 is 20.5 Å². The van der Waals surface area contributed by atoms with E-state index in [2.05, 4.69) is 10.3 Å². The number of thiazole rings is 1. The van der Waals surface area contributed by atoms with Gasteiger partial charge in [-0.25, -0.2) is 4.98 Å². The van der Waals surface area contributed by atoms with Gasteiger partial charge < -0.3 is 15.2 Å². The van der Waals surface area contributed by atoms with Gasteiger partial charge in [-0.3, -0.25) is 19.7 Å². The second kappa shape index (κ2) is 7.93. The molecule has 8 nitrogen and oxygen atoms in total. The predicted molar refractivity (Wildman–Crippen MR) is 100 cm³/mol. The zero-order valence-corrected chi connectivity index (χ0v) is 15.9. The number of hydrogen-bond donors (Lipinski definition) is 2. The molecule has 0 bridgehead atoms. The Morgan fingerprint density at radius 2 is 2.15 bits per heavy atom. The Morgan fingerprint density at radius 1 is 1.37 bits per heavy atom. The van der Waals surface area contributed by atoms with E-state index in [1.54, 1.807) is 0 Å². The molecule has 0 unspecified atom stereocenters. The molecule has 1 aliphatic carbocycles. The summed E-state index contributed by atoms with van der Waals surface area (Å²) in [5.41, 5.74) is 5.99. The number of anilines is 1. The molecule has 0 saturated carbocycles. The SMILES string of the molecule is COc1cc(C(=O)Nc2nc3c(s2)C(=O)CCC3)cc(Cl)c1OCC(N)=O. The van der Waals surface area contributed by atoms with Gasteiger partial charge in [-0.05, 0) is 25.0 Å². The fourth-order valence-electron chi connectivity index (χ4n) is 2.63. The summed E-state index contributed by atoms with van der Waals surface area (Å²) >= 11 is 7.31. The van der Waals surface area contributed by atoms with E-state index in [4.69, 9.17) is 26.8 Å². The van der Waals surface area contributed by atoms with E-state index in [1.165, 1.54) is 19.2 Å². The lowest BCUT2D eigenvalue weighted by molar-refractivity contribution is -0.119. The molecule has 27 heavy (non-hydrogen) atoms. The van der Waals surface area contributed by atoms with Gasteiger partial charge in [0.1, 0.15) is 0 Å². The van der Waals surface area contributed by atoms with Gasteiger partial charge in [0.05, 0.1) is 22.7 Å². The number of nitrogens with one attached hydrogen (secondary N) is 1. The van der Waals surface area contributed by atoms with Crippen LogP contribution in [0.3, 0.4) is 0 Å². The first-order valence-electron chi connectivity index (χ1n) is 8.02. The zero-order chi connectivity index (χ0) is 19.6. The van der Waals surface area contributed by atoms with Crippen molar-refractivity contribution in [1.82, 2.24) is 4.98 Å². The van der Waals surface area contributed by atoms with Gasteiger partial charge in [-0.15, -0.1) is 0 Å². The number of hydrogen-bond acceptors (Lipinski definition) is 7. The molecular formula is C17H16ClN3O5S. The number of ether oxygens (including phenoxy) is 2. The molecule has 1 aromatic carbocycles. The van der Waals surface area contributed by atoms with Gasteiger partial charge in [0.2, 0.25) is 0 Å². The molecular weight excluding hydrogens is 394 g/mol. The van der Waals surface area contributed by atoms with Crippen LogP contribution in [0.25, 0.3) is 0 Å². The van der Waals surface area contributed by atoms with E-state index < -0.39 is 11.8 Å². The summed E-state index contributed by atoms with van der Waals surface area (Å²) in [6, 6.07) is 2.81. The average Bonchev–Trinajstić information content (AvgIpc) is 3.03. The van der Waals surface area contributed by atoms with Crippen LogP contribution in [0.1, 0.15) is 38.6 Å². The third-order valence-corrected chi connectivity index (χ3v) is 5.17. The molecule has 10 heteroatoms. The van der Waals surface area contributed by atoms with Gasteiger partial charge in [-0.1, -0.05) is 22.9 Å². The highest BCUT2D eigenvalue weighted by Crippen LogP contribution is 2.37. The van der Waals surface area contributed by atoms with E-state index in [0.717, 1.165) is 29.9 Å². The Morgan fingerprint density at radius 3 is 2.81 bits per heavy atom. The van der Waals surface area contributed by atoms with E-state index in [0.29, 0.717) is 16.4 Å². The molecule has 0 spiro atoms. The van der Waals surface area contributed by atoms with Crippen molar-refractivity contribution >= 4 is 45.7 Å². The fraction of sp³-hybridized carbons (Fsp3) is 0.294. The Balaban J connectivity index is 1.81. The molecule has 142 valence electrons. The standard InChI is InChI=1S/C17H16ClN3O5S/c1-25-12-6-8(5-9(18)14(12)26-7-13(19)23)16(24)21-17-20-10-3-2-4-11(22)15(10)27-17/h5-6H,2-4,7H2,1H3,(H2,19,23)(H,20,21,24). The summed E-state index contributed by atoms with van der Waals surface area (Å²) in [5, 5.41) is 3.11. The number of fused-ring (bicyclic) bond motifs is 1. The third-order valence-electron chi connectivity index (χ3n) is 3.84. The van der Waals surface area contributed by atoms with Crippen LogP contribution in [0.15, 0.2) is 12.1 Å². The highest BCUT2D eigenvalue weighted by molar-refractivity contribution is 7.17. The van der Waals surface area contributed by atoms with E-state index >= 15 is 0 Å². The van der Waals surface area contributed by atoms with Crippen molar-refractivity contribution in [1.29, 1.82) is 0 Å². The number of nitrogens with zero attached hydrogens (tertiary/aromatic N) is 1. The molecule has 3 rings (SSSR count). The minimum Gasteiger partial charge on any atom is -0.493 e. The highest BCUT2D eigenvalue weighted by atomic mass is 35.5. The number of carbonyl (C=O) groups excluding carboxylic acids is 3. The summed E-state index contributed by atoms with van der Waals surface area (Å²) in [6.45, 7) is -0.375. The van der Waals surface area contributed by atoms with Crippen LogP contribution in [-0.4, -0.2) is 36.3 Å². The molecule has 2 aromatic rings. The quantitative estimate of drug-likeness (QED) is 0.755. The zero-order valence-electron chi connectivity index (χ0n) is 14.3. The van der Waals surface area contributed by atoms with Crippen molar-refractivity contribution in [3.63, 3.8) is 0 Å². The summed E-state index contributed by atoms with van der Waals surface area (Å²) in [6.07, 6.45) is 1.99. The highest BCUT2D eigenvalue weighted by Gasteiger charge is 2.23. The summed E-state index contributed by atoms with van der Waals surface area (Å²) in [4.78, 5) is 40.3. The number of Topliss-reactive ketones (excluding diaryl/α,β-unsaturated/α-hetero) is 1. The monoisotopic (exact) mass is 409 g/mol. The van der Waals surface area contributed by atoms with Gasteiger partial charge in [-0.2, -0.15) is 0 Å². The Kier molecular flexibility index (Phi) is 5.62. The van der Waals surface area contributed by atoms with Crippen molar-refractivity contribution < 1.29 is 23.9 Å². The lowest BCUT2D eigenvalue weighted by Crippen LogP contribution is -2.20. The molecule has 0 aliphatic heterocycles. The van der Waals surface area contributed by atoms with Crippen LogP contribution in [-0.2, 0) is 11.2 Å². The van der Waals surface area contributed by atoms with Crippen LogP contribution in [0.5, 0.6) is 11.5 Å². The molecule has 0 radical (unpaired) electrons. The maximum Gasteiger partial charge on any atom is 0.257 e. The van der Waals surface area contributed by atoms with Crippen molar-refractivity contribution in [2.45, 2.75) is 19.3 Å². The Labute approximate surface area is 163 Å². The third kappa shape index (κ3) is 4.20. The predicted octanol–water partition coefficient (Wildman–Crippen LogP) is 2.44. The Hall–Kier alpha value is -2.65. The normalized spacial score (nSPS) is 13.0. The topological polar surface area (TPSA) is 121 Å². The minimum absolute atomic E-state index is 0.0508. The first-order chi connectivity index (χ1) is 12.9. The number of halogens is 1. The number of nitrogens with two attached hydrogens (primary N) is 1. The number of methoxy groups -OCH3 is 1. The molecule has 0 atom stereocenters. The number of ketones is 1. The van der Waals surface area contributed by atoms with Gasteiger partial charge in [0, 0.05) is 12.0 Å². The fourth-order valence-corrected chi connectivity index (χ4v) is 3.87. The maximum absolute atomic E-state index is 12.5. The number of rotatable bonds is 6. The number of primary amides is 1. The average molecular weight is 410 g/mol. The molecule has 1 heterocycles. The van der Waals surface area contributed by atoms with E-state index in [9.17, 15) is 14.4 Å². The van der Waals surface area contributed by atoms with Gasteiger partial charge in [0.15, 0.2) is 29.0 Å². The van der Waals surface area contributed by atoms with E-state index in [1.807, 2.05) is 0 Å². The maximum atomic E-state index is 12.5. The van der Waals surface area contributed by atoms with Crippen LogP contribution in [0.4, 0.5) is 5.13 Å². The summed E-state index contributed by atoms with van der Waals surface area (Å²) in [5.74, 6) is -0.783. The molecule has 1 aliphatic rings. The molecule has 1 aromatic heterocycles. The second-order valence-electron chi connectivity index (χ2n) is 5.77. The van der Waals surface area contributed by atoms with Crippen molar-refractivity contribution in [3.05, 3.63) is 33.3 Å². The number of aromatic nitrogens is 1. The van der Waals surface area contributed by atoms with Crippen LogP contribution >= 0.6 is 22.9 Å².